The van der Waals surface area contributed by atoms with Crippen LogP contribution in [0.4, 0.5) is 13.2 Å². The topological polar surface area (TPSA) is 35.1 Å². The second-order valence-corrected chi connectivity index (χ2v) is 5.15. The van der Waals surface area contributed by atoms with Crippen molar-refractivity contribution in [1.29, 1.82) is 0 Å². The summed E-state index contributed by atoms with van der Waals surface area (Å²) in [6.07, 6.45) is -4.49. The van der Waals surface area contributed by atoms with Gasteiger partial charge in [0.25, 0.3) is 0 Å². The lowest BCUT2D eigenvalue weighted by molar-refractivity contribution is -0.137. The number of fused-ring (bicyclic) bond motifs is 3. The van der Waals surface area contributed by atoms with Crippen LogP contribution in [0.5, 0.6) is 0 Å². The first-order valence-electron chi connectivity index (χ1n) is 5.93. The van der Waals surface area contributed by atoms with Crippen molar-refractivity contribution in [3.8, 4) is 16.8 Å². The molecule has 0 fully saturated rings. The highest BCUT2D eigenvalue weighted by atomic mass is 35.5. The molecule has 3 nitrogen and oxygen atoms in total. The van der Waals surface area contributed by atoms with Gasteiger partial charge >= 0.3 is 11.9 Å². The first kappa shape index (κ1) is 12.5. The summed E-state index contributed by atoms with van der Waals surface area (Å²) < 4.78 is 44.2. The lowest BCUT2D eigenvalue weighted by Gasteiger charge is -2.10. The van der Waals surface area contributed by atoms with Gasteiger partial charge in [-0.2, -0.15) is 13.2 Å². The van der Waals surface area contributed by atoms with Crippen molar-refractivity contribution in [3.05, 3.63) is 51.5 Å². The summed E-state index contributed by atoms with van der Waals surface area (Å²) >= 11 is 5.92. The summed E-state index contributed by atoms with van der Waals surface area (Å²) in [4.78, 5) is 11.9. The van der Waals surface area contributed by atoms with E-state index in [2.05, 4.69) is 0 Å². The normalized spacial score (nSPS) is 13.0. The quantitative estimate of drug-likeness (QED) is 0.527. The Kier molecular flexibility index (Phi) is 2.21. The number of nitrogens with zero attached hydrogens (tertiary/aromatic N) is 1. The van der Waals surface area contributed by atoms with Crippen LogP contribution in [0.2, 0.25) is 5.02 Å². The zero-order chi connectivity index (χ0) is 14.9. The molecule has 106 valence electrons. The Bertz CT molecular complexity index is 969. The highest BCUT2D eigenvalue weighted by Crippen LogP contribution is 2.44. The molecule has 0 saturated heterocycles. The highest BCUT2D eigenvalue weighted by Gasteiger charge is 2.32. The fourth-order valence-electron chi connectivity index (χ4n) is 2.41. The zero-order valence-corrected chi connectivity index (χ0v) is 10.9. The minimum Gasteiger partial charge on any atom is -0.407 e. The molecule has 1 aromatic heterocycles. The summed E-state index contributed by atoms with van der Waals surface area (Å²) in [5.41, 5.74) is 2.06. The Morgan fingerprint density at radius 2 is 1.90 bits per heavy atom. The number of rotatable bonds is 1. The molecule has 0 bridgehead atoms. The van der Waals surface area contributed by atoms with E-state index in [1.54, 1.807) is 6.07 Å². The standard InChI is InChI=1S/C14H5ClF3NO2/c15-9-5-7(14(16,17)18)1-2-10(9)19-12-8-3-6(8)4-11(12)21-13(19)20/h1-5H. The van der Waals surface area contributed by atoms with Gasteiger partial charge in [0.2, 0.25) is 0 Å². The second-order valence-electron chi connectivity index (χ2n) is 4.74. The van der Waals surface area contributed by atoms with Gasteiger partial charge in [-0.3, -0.25) is 0 Å². The molecule has 7 heteroatoms. The summed E-state index contributed by atoms with van der Waals surface area (Å²) in [6.45, 7) is 0. The number of benzene rings is 2. The summed E-state index contributed by atoms with van der Waals surface area (Å²) in [5, 5.41) is -0.162. The number of alkyl halides is 3. The van der Waals surface area contributed by atoms with Gasteiger partial charge < -0.3 is 4.42 Å². The maximum absolute atomic E-state index is 12.6. The van der Waals surface area contributed by atoms with Gasteiger partial charge in [0.05, 0.1) is 16.3 Å². The van der Waals surface area contributed by atoms with Crippen LogP contribution in [0.25, 0.3) is 27.9 Å². The van der Waals surface area contributed by atoms with E-state index in [4.69, 9.17) is 16.0 Å². The molecule has 0 saturated carbocycles. The predicted octanol–water partition coefficient (Wildman–Crippen LogP) is 4.24. The van der Waals surface area contributed by atoms with Crippen molar-refractivity contribution in [2.75, 3.05) is 0 Å². The SMILES string of the molecule is O=c1oc2cc3cc-3c2n1-c1ccc(C(F)(F)F)cc1Cl. The molecule has 1 heterocycles. The van der Waals surface area contributed by atoms with Crippen LogP contribution in [0.15, 0.2) is 39.5 Å². The molecule has 21 heavy (non-hydrogen) atoms. The van der Waals surface area contributed by atoms with Crippen LogP contribution in [0, 0.1) is 0 Å². The van der Waals surface area contributed by atoms with Crippen molar-refractivity contribution in [3.63, 3.8) is 0 Å². The molecular formula is C14H5ClF3NO2. The average molecular weight is 312 g/mol. The van der Waals surface area contributed by atoms with Crippen LogP contribution < -0.4 is 5.76 Å². The fraction of sp³-hybridized carbons (Fsp3) is 0.0714. The van der Waals surface area contributed by atoms with Crippen LogP contribution in [-0.2, 0) is 6.18 Å². The number of hydrogen-bond acceptors (Lipinski definition) is 2. The van der Waals surface area contributed by atoms with Crippen molar-refractivity contribution >= 4 is 22.7 Å². The molecular weight excluding hydrogens is 307 g/mol. The molecule has 2 aliphatic carbocycles. The molecule has 0 atom stereocenters. The second kappa shape index (κ2) is 3.71. The maximum atomic E-state index is 12.6. The number of aromatic nitrogens is 1. The minimum absolute atomic E-state index is 0.162. The largest absolute Gasteiger partial charge is 0.424 e. The van der Waals surface area contributed by atoms with E-state index >= 15 is 0 Å². The van der Waals surface area contributed by atoms with Crippen molar-refractivity contribution < 1.29 is 17.6 Å². The minimum atomic E-state index is -4.49. The van der Waals surface area contributed by atoms with E-state index < -0.39 is 17.5 Å². The van der Waals surface area contributed by atoms with Crippen LogP contribution in [0.1, 0.15) is 5.56 Å². The van der Waals surface area contributed by atoms with Crippen LogP contribution in [-0.4, -0.2) is 4.57 Å². The first-order chi connectivity index (χ1) is 9.86. The molecule has 2 aromatic rings. The summed E-state index contributed by atoms with van der Waals surface area (Å²) in [5.74, 6) is -0.676. The van der Waals surface area contributed by atoms with Crippen molar-refractivity contribution in [2.45, 2.75) is 6.18 Å². The van der Waals surface area contributed by atoms with E-state index in [0.717, 1.165) is 23.3 Å². The Labute approximate surface area is 120 Å². The third-order valence-electron chi connectivity index (χ3n) is 3.42. The zero-order valence-electron chi connectivity index (χ0n) is 10.2. The smallest absolute Gasteiger partial charge is 0.407 e. The third-order valence-corrected chi connectivity index (χ3v) is 3.72. The van der Waals surface area contributed by atoms with Crippen molar-refractivity contribution in [1.82, 2.24) is 4.57 Å². The monoisotopic (exact) mass is 311 g/mol. The highest BCUT2D eigenvalue weighted by molar-refractivity contribution is 6.32. The van der Waals surface area contributed by atoms with Gasteiger partial charge in [0.15, 0.2) is 5.58 Å². The van der Waals surface area contributed by atoms with Crippen LogP contribution >= 0.6 is 11.6 Å². The lowest BCUT2D eigenvalue weighted by Crippen LogP contribution is -2.13. The third kappa shape index (κ3) is 1.72. The van der Waals surface area contributed by atoms with E-state index in [1.807, 2.05) is 6.07 Å². The molecule has 2 aliphatic rings. The Morgan fingerprint density at radius 1 is 1.14 bits per heavy atom. The molecule has 4 rings (SSSR count). The fourth-order valence-corrected chi connectivity index (χ4v) is 2.67. The lowest BCUT2D eigenvalue weighted by atomic mass is 10.2. The molecule has 0 spiro atoms. The van der Waals surface area contributed by atoms with Crippen molar-refractivity contribution in [2.24, 2.45) is 0 Å². The Morgan fingerprint density at radius 3 is 2.57 bits per heavy atom. The average Bonchev–Trinajstić information content (AvgIpc) is 2.94. The van der Waals surface area contributed by atoms with Gasteiger partial charge in [0.1, 0.15) is 5.52 Å². The maximum Gasteiger partial charge on any atom is 0.424 e. The Balaban J connectivity index is 1.96. The van der Waals surface area contributed by atoms with E-state index in [1.165, 1.54) is 10.6 Å². The van der Waals surface area contributed by atoms with Gasteiger partial charge in [-0.15, -0.1) is 0 Å². The summed E-state index contributed by atoms with van der Waals surface area (Å²) in [7, 11) is 0. The van der Waals surface area contributed by atoms with E-state index in [9.17, 15) is 18.0 Å². The molecule has 0 aliphatic heterocycles. The van der Waals surface area contributed by atoms with Gasteiger partial charge in [-0.25, -0.2) is 9.36 Å². The molecule has 0 amide bonds. The molecule has 0 radical (unpaired) electrons. The first-order valence-corrected chi connectivity index (χ1v) is 6.31. The molecule has 0 N–H and O–H groups in total. The Hall–Kier alpha value is -2.21. The number of halogens is 4. The van der Waals surface area contributed by atoms with Gasteiger partial charge in [-0.1, -0.05) is 11.6 Å². The molecule has 0 unspecified atom stereocenters. The van der Waals surface area contributed by atoms with E-state index in [0.29, 0.717) is 11.1 Å². The molecule has 1 aromatic carbocycles. The van der Waals surface area contributed by atoms with Gasteiger partial charge in [0, 0.05) is 5.56 Å². The number of hydrogen-bond donors (Lipinski definition) is 0. The van der Waals surface area contributed by atoms with E-state index in [-0.39, 0.29) is 10.7 Å². The van der Waals surface area contributed by atoms with Gasteiger partial charge in [-0.05, 0) is 35.9 Å². The summed E-state index contributed by atoms with van der Waals surface area (Å²) in [6, 6.07) is 6.42. The predicted molar refractivity (Wildman–Crippen MR) is 70.8 cm³/mol. The number of oxazole rings is 1. The van der Waals surface area contributed by atoms with Crippen LogP contribution in [0.3, 0.4) is 0 Å².